The van der Waals surface area contributed by atoms with Gasteiger partial charge in [0.1, 0.15) is 0 Å². The lowest BCUT2D eigenvalue weighted by Gasteiger charge is -2.22. The number of likely N-dealkylation sites (tertiary alicyclic amines) is 1. The topological polar surface area (TPSA) is 3.24 Å². The first-order valence-electron chi connectivity index (χ1n) is 4.47. The molecule has 0 aromatic carbocycles. The number of nitrogens with zero attached hydrogens (tertiary/aromatic N) is 1. The molecule has 0 aromatic heterocycles. The molecule has 0 bridgehead atoms. The van der Waals surface area contributed by atoms with E-state index in [1.165, 1.54) is 38.8 Å². The molecule has 0 N–H and O–H groups in total. The molecule has 0 aliphatic carbocycles. The maximum absolute atomic E-state index is 2.45. The Labute approximate surface area is 64.4 Å². The Morgan fingerprint density at radius 1 is 1.10 bits per heavy atom. The lowest BCUT2D eigenvalue weighted by molar-refractivity contribution is 0.266. The average molecular weight is 141 g/mol. The lowest BCUT2D eigenvalue weighted by Crippen LogP contribution is -2.24. The Morgan fingerprint density at radius 2 is 1.90 bits per heavy atom. The minimum atomic E-state index is 0.961. The highest BCUT2D eigenvalue weighted by Crippen LogP contribution is 2.15. The Hall–Kier alpha value is -0.0400. The summed E-state index contributed by atoms with van der Waals surface area (Å²) in [6.07, 6.45) is 5.69. The molecule has 1 saturated heterocycles. The van der Waals surface area contributed by atoms with Gasteiger partial charge in [-0.1, -0.05) is 19.8 Å². The molecule has 1 heterocycles. The van der Waals surface area contributed by atoms with E-state index in [1.807, 2.05) is 0 Å². The van der Waals surface area contributed by atoms with Crippen LogP contribution in [-0.2, 0) is 0 Å². The Kier molecular flexibility index (Phi) is 3.20. The number of rotatable bonds is 0. The second kappa shape index (κ2) is 3.97. The molecule has 0 radical (unpaired) electrons. The van der Waals surface area contributed by atoms with Gasteiger partial charge < -0.3 is 4.90 Å². The summed E-state index contributed by atoms with van der Waals surface area (Å²) >= 11 is 0. The second-order valence-electron chi connectivity index (χ2n) is 3.69. The maximum atomic E-state index is 2.45. The summed E-state index contributed by atoms with van der Waals surface area (Å²) in [6, 6.07) is 0. The van der Waals surface area contributed by atoms with Crippen molar-refractivity contribution in [3.05, 3.63) is 0 Å². The highest BCUT2D eigenvalue weighted by molar-refractivity contribution is 4.62. The standard InChI is InChI=1S/C9H19N/c1-9-5-3-4-7-10(2)8-6-9/h9H,3-8H2,1-2H3. The van der Waals surface area contributed by atoms with Crippen molar-refractivity contribution in [3.8, 4) is 0 Å². The van der Waals surface area contributed by atoms with Gasteiger partial charge in [-0.05, 0) is 38.9 Å². The van der Waals surface area contributed by atoms with Crippen LogP contribution in [0.5, 0.6) is 0 Å². The van der Waals surface area contributed by atoms with E-state index in [0.717, 1.165) is 5.92 Å². The van der Waals surface area contributed by atoms with Crippen molar-refractivity contribution < 1.29 is 0 Å². The van der Waals surface area contributed by atoms with Gasteiger partial charge in [-0.3, -0.25) is 0 Å². The minimum absolute atomic E-state index is 0.961. The van der Waals surface area contributed by atoms with Crippen LogP contribution >= 0.6 is 0 Å². The third-order valence-corrected chi connectivity index (χ3v) is 2.49. The van der Waals surface area contributed by atoms with Gasteiger partial charge in [-0.25, -0.2) is 0 Å². The van der Waals surface area contributed by atoms with Crippen LogP contribution in [0.1, 0.15) is 32.6 Å². The molecular weight excluding hydrogens is 122 g/mol. The van der Waals surface area contributed by atoms with Crippen LogP contribution in [0.2, 0.25) is 0 Å². The van der Waals surface area contributed by atoms with Gasteiger partial charge in [0.2, 0.25) is 0 Å². The highest BCUT2D eigenvalue weighted by Gasteiger charge is 2.07. The van der Waals surface area contributed by atoms with Crippen molar-refractivity contribution in [1.82, 2.24) is 4.90 Å². The van der Waals surface area contributed by atoms with Gasteiger partial charge >= 0.3 is 0 Å². The lowest BCUT2D eigenvalue weighted by atomic mass is 9.98. The summed E-state index contributed by atoms with van der Waals surface area (Å²) in [5, 5.41) is 0. The smallest absolute Gasteiger partial charge is 0.00192 e. The molecule has 0 amide bonds. The Bertz CT molecular complexity index is 78.7. The minimum Gasteiger partial charge on any atom is -0.306 e. The molecule has 1 heteroatoms. The molecular formula is C9H19N. The van der Waals surface area contributed by atoms with Crippen LogP contribution < -0.4 is 0 Å². The maximum Gasteiger partial charge on any atom is -0.00192 e. The molecule has 0 saturated carbocycles. The fourth-order valence-corrected chi connectivity index (χ4v) is 1.57. The highest BCUT2D eigenvalue weighted by atomic mass is 15.1. The van der Waals surface area contributed by atoms with Crippen molar-refractivity contribution in [2.75, 3.05) is 20.1 Å². The van der Waals surface area contributed by atoms with Crippen molar-refractivity contribution in [3.63, 3.8) is 0 Å². The monoisotopic (exact) mass is 141 g/mol. The quantitative estimate of drug-likeness (QED) is 0.499. The summed E-state index contributed by atoms with van der Waals surface area (Å²) in [4.78, 5) is 2.45. The molecule has 1 rings (SSSR count). The van der Waals surface area contributed by atoms with Crippen LogP contribution in [0.4, 0.5) is 0 Å². The largest absolute Gasteiger partial charge is 0.306 e. The molecule has 1 fully saturated rings. The van der Waals surface area contributed by atoms with Gasteiger partial charge in [-0.15, -0.1) is 0 Å². The summed E-state index contributed by atoms with van der Waals surface area (Å²) in [5.41, 5.74) is 0. The zero-order valence-corrected chi connectivity index (χ0v) is 7.27. The van der Waals surface area contributed by atoms with Crippen molar-refractivity contribution in [1.29, 1.82) is 0 Å². The molecule has 1 atom stereocenters. The summed E-state index contributed by atoms with van der Waals surface area (Å²) in [7, 11) is 2.23. The molecule has 1 aliphatic rings. The zero-order chi connectivity index (χ0) is 7.40. The zero-order valence-electron chi connectivity index (χ0n) is 7.27. The molecule has 60 valence electrons. The van der Waals surface area contributed by atoms with E-state index in [1.54, 1.807) is 0 Å². The van der Waals surface area contributed by atoms with Crippen molar-refractivity contribution >= 4 is 0 Å². The van der Waals surface area contributed by atoms with Gasteiger partial charge in [0.15, 0.2) is 0 Å². The SMILES string of the molecule is CC1CCCCN(C)CC1. The first kappa shape index (κ1) is 8.06. The van der Waals surface area contributed by atoms with Crippen LogP contribution in [0, 0.1) is 5.92 Å². The number of hydrogen-bond acceptors (Lipinski definition) is 1. The average Bonchev–Trinajstić information content (AvgIpc) is 1.90. The third kappa shape index (κ3) is 2.70. The van der Waals surface area contributed by atoms with E-state index in [-0.39, 0.29) is 0 Å². The van der Waals surface area contributed by atoms with Crippen LogP contribution in [-0.4, -0.2) is 25.0 Å². The fraction of sp³-hybridized carbons (Fsp3) is 1.00. The number of hydrogen-bond donors (Lipinski definition) is 0. The summed E-state index contributed by atoms with van der Waals surface area (Å²) in [6.45, 7) is 4.99. The van der Waals surface area contributed by atoms with E-state index in [0.29, 0.717) is 0 Å². The van der Waals surface area contributed by atoms with E-state index in [2.05, 4.69) is 18.9 Å². The van der Waals surface area contributed by atoms with Crippen LogP contribution in [0.3, 0.4) is 0 Å². The van der Waals surface area contributed by atoms with Crippen LogP contribution in [0.25, 0.3) is 0 Å². The van der Waals surface area contributed by atoms with E-state index < -0.39 is 0 Å². The molecule has 1 nitrogen and oxygen atoms in total. The van der Waals surface area contributed by atoms with E-state index in [4.69, 9.17) is 0 Å². The van der Waals surface area contributed by atoms with Gasteiger partial charge in [-0.2, -0.15) is 0 Å². The van der Waals surface area contributed by atoms with Gasteiger partial charge in [0.05, 0.1) is 0 Å². The Morgan fingerprint density at radius 3 is 2.70 bits per heavy atom. The third-order valence-electron chi connectivity index (χ3n) is 2.49. The second-order valence-corrected chi connectivity index (χ2v) is 3.69. The van der Waals surface area contributed by atoms with Gasteiger partial charge in [0.25, 0.3) is 0 Å². The first-order chi connectivity index (χ1) is 4.79. The van der Waals surface area contributed by atoms with Gasteiger partial charge in [0, 0.05) is 0 Å². The molecule has 0 aromatic rings. The van der Waals surface area contributed by atoms with Crippen LogP contribution in [0.15, 0.2) is 0 Å². The summed E-state index contributed by atoms with van der Waals surface area (Å²) in [5.74, 6) is 0.961. The van der Waals surface area contributed by atoms with E-state index in [9.17, 15) is 0 Å². The first-order valence-corrected chi connectivity index (χ1v) is 4.47. The molecule has 10 heavy (non-hydrogen) atoms. The molecule has 1 aliphatic heterocycles. The predicted molar refractivity (Wildman–Crippen MR) is 45.1 cm³/mol. The molecule has 1 unspecified atom stereocenters. The Balaban J connectivity index is 2.23. The fourth-order valence-electron chi connectivity index (χ4n) is 1.57. The normalized spacial score (nSPS) is 31.2. The van der Waals surface area contributed by atoms with Crippen molar-refractivity contribution in [2.45, 2.75) is 32.6 Å². The van der Waals surface area contributed by atoms with Crippen molar-refractivity contribution in [2.24, 2.45) is 5.92 Å². The molecule has 0 spiro atoms. The predicted octanol–water partition coefficient (Wildman–Crippen LogP) is 2.13. The van der Waals surface area contributed by atoms with E-state index >= 15 is 0 Å². The summed E-state index contributed by atoms with van der Waals surface area (Å²) < 4.78 is 0.